The number of benzene rings is 4. The molecular weight excluding hydrogens is 783 g/mol. The molecule has 64 heavy (non-hydrogen) atoms. The van der Waals surface area contributed by atoms with E-state index >= 15 is 0 Å². The van der Waals surface area contributed by atoms with Crippen molar-refractivity contribution in [1.29, 1.82) is 0 Å². The molecule has 4 aromatic rings. The number of carbonyl (C=O) groups is 2. The molecule has 0 saturated carbocycles. The average Bonchev–Trinajstić information content (AvgIpc) is 3.34. The second-order valence-corrected chi connectivity index (χ2v) is 18.7. The van der Waals surface area contributed by atoms with E-state index in [2.05, 4.69) is 110 Å². The van der Waals surface area contributed by atoms with E-state index in [9.17, 15) is 9.59 Å². The van der Waals surface area contributed by atoms with E-state index < -0.39 is 17.6 Å². The SMILES string of the molecule is CCCCCCCCCCCCCCCC(=O)N[C@@H](CC(c1ccccc1)(c1ccccc1)c1ccccc1)[C@@H](CCCCCCCCCCCCCCC)OC(=O)c1ccccc1. The molecule has 0 heterocycles. The van der Waals surface area contributed by atoms with Crippen molar-refractivity contribution < 1.29 is 14.3 Å². The quantitative estimate of drug-likeness (QED) is 0.0279. The Kier molecular flexibility index (Phi) is 27.3. The fraction of sp³-hybridized carbons (Fsp3) is 0.567. The summed E-state index contributed by atoms with van der Waals surface area (Å²) in [5.41, 5.74) is 3.37. The second kappa shape index (κ2) is 33.3. The number of rotatable bonds is 37. The number of nitrogens with one attached hydrogen (secondary N) is 1. The van der Waals surface area contributed by atoms with Gasteiger partial charge < -0.3 is 10.1 Å². The van der Waals surface area contributed by atoms with Gasteiger partial charge in [-0.3, -0.25) is 4.79 Å². The summed E-state index contributed by atoms with van der Waals surface area (Å²) < 4.78 is 6.63. The van der Waals surface area contributed by atoms with E-state index in [0.29, 0.717) is 24.8 Å². The van der Waals surface area contributed by atoms with Gasteiger partial charge >= 0.3 is 5.97 Å². The minimum atomic E-state index is -0.620. The number of carbonyl (C=O) groups excluding carboxylic acids is 2. The third-order valence-corrected chi connectivity index (χ3v) is 13.5. The van der Waals surface area contributed by atoms with Gasteiger partial charge in [-0.15, -0.1) is 0 Å². The van der Waals surface area contributed by atoms with Gasteiger partial charge in [0.15, 0.2) is 0 Å². The number of hydrogen-bond donors (Lipinski definition) is 1. The van der Waals surface area contributed by atoms with Crippen LogP contribution in [0.2, 0.25) is 0 Å². The summed E-state index contributed by atoms with van der Waals surface area (Å²) in [6.07, 6.45) is 34.2. The van der Waals surface area contributed by atoms with Gasteiger partial charge in [0.2, 0.25) is 5.91 Å². The molecule has 0 fully saturated rings. The second-order valence-electron chi connectivity index (χ2n) is 18.7. The molecule has 4 aromatic carbocycles. The number of hydrogen-bond acceptors (Lipinski definition) is 3. The zero-order valence-electron chi connectivity index (χ0n) is 40.4. The smallest absolute Gasteiger partial charge is 0.338 e. The number of esters is 1. The summed E-state index contributed by atoms with van der Waals surface area (Å²) in [7, 11) is 0. The van der Waals surface area contributed by atoms with Crippen LogP contribution in [0.5, 0.6) is 0 Å². The lowest BCUT2D eigenvalue weighted by Gasteiger charge is -2.41. The number of amides is 1. The largest absolute Gasteiger partial charge is 0.457 e. The Labute approximate surface area is 391 Å². The summed E-state index contributed by atoms with van der Waals surface area (Å²) in [5, 5.41) is 3.56. The van der Waals surface area contributed by atoms with Crippen molar-refractivity contribution in [1.82, 2.24) is 5.32 Å². The van der Waals surface area contributed by atoms with E-state index in [0.717, 1.165) is 42.4 Å². The van der Waals surface area contributed by atoms with Crippen LogP contribution in [0.15, 0.2) is 121 Å². The molecule has 0 aliphatic carbocycles. The summed E-state index contributed by atoms with van der Waals surface area (Å²) in [5.74, 6) is -0.289. The Hall–Kier alpha value is -4.18. The van der Waals surface area contributed by atoms with Crippen LogP contribution in [0.3, 0.4) is 0 Å². The Morgan fingerprint density at radius 3 is 1.14 bits per heavy atom. The molecule has 0 aliphatic rings. The molecule has 0 radical (unpaired) electrons. The lowest BCUT2D eigenvalue weighted by molar-refractivity contribution is -0.123. The fourth-order valence-corrected chi connectivity index (χ4v) is 9.69. The minimum Gasteiger partial charge on any atom is -0.457 e. The molecular formula is C60H87NO3. The Morgan fingerprint density at radius 1 is 0.438 bits per heavy atom. The first-order valence-corrected chi connectivity index (χ1v) is 26.3. The predicted molar refractivity (Wildman–Crippen MR) is 272 cm³/mol. The maximum atomic E-state index is 14.2. The molecule has 0 aromatic heterocycles. The minimum absolute atomic E-state index is 0.0438. The Balaban J connectivity index is 1.50. The molecule has 0 aliphatic heterocycles. The van der Waals surface area contributed by atoms with Gasteiger partial charge in [-0.25, -0.2) is 4.79 Å². The van der Waals surface area contributed by atoms with Gasteiger partial charge in [0, 0.05) is 11.8 Å². The first-order chi connectivity index (χ1) is 31.6. The Morgan fingerprint density at radius 2 is 0.766 bits per heavy atom. The van der Waals surface area contributed by atoms with Crippen LogP contribution in [-0.2, 0) is 14.9 Å². The maximum Gasteiger partial charge on any atom is 0.338 e. The van der Waals surface area contributed by atoms with Crippen LogP contribution in [0, 0.1) is 0 Å². The standard InChI is InChI=1S/C60H87NO3/c1-3-5-7-9-11-13-15-17-19-21-23-25-39-49-57(64-59(63)52-41-31-27-32-42-52)56(61-58(62)50-40-26-24-22-20-18-16-14-12-10-8-6-4-2)51-60(53-43-33-28-34-44-53,54-45-35-29-36-46-54)55-47-37-30-38-48-55/h27-38,41-48,56-57H,3-26,39-40,49-51H2,1-2H3,(H,61,62)/t56-,57+/m0/s1. The topological polar surface area (TPSA) is 55.4 Å². The van der Waals surface area contributed by atoms with Gasteiger partial charge in [-0.05, 0) is 54.5 Å². The van der Waals surface area contributed by atoms with Crippen molar-refractivity contribution in [2.45, 2.75) is 218 Å². The maximum absolute atomic E-state index is 14.2. The highest BCUT2D eigenvalue weighted by atomic mass is 16.5. The molecule has 0 bridgehead atoms. The van der Waals surface area contributed by atoms with Gasteiger partial charge in [0.1, 0.15) is 6.10 Å². The van der Waals surface area contributed by atoms with E-state index in [-0.39, 0.29) is 11.9 Å². The van der Waals surface area contributed by atoms with Crippen LogP contribution in [0.25, 0.3) is 0 Å². The van der Waals surface area contributed by atoms with Gasteiger partial charge in [-0.2, -0.15) is 0 Å². The summed E-state index contributed by atoms with van der Waals surface area (Å²) in [4.78, 5) is 28.3. The van der Waals surface area contributed by atoms with Crippen LogP contribution in [0.1, 0.15) is 227 Å². The zero-order chi connectivity index (χ0) is 45.2. The highest BCUT2D eigenvalue weighted by Gasteiger charge is 2.42. The third kappa shape index (κ3) is 19.9. The molecule has 2 atom stereocenters. The molecule has 1 N–H and O–H groups in total. The first kappa shape index (κ1) is 52.4. The first-order valence-electron chi connectivity index (χ1n) is 26.3. The van der Waals surface area contributed by atoms with E-state index in [4.69, 9.17) is 4.74 Å². The predicted octanol–water partition coefficient (Wildman–Crippen LogP) is 17.1. The average molecular weight is 870 g/mol. The van der Waals surface area contributed by atoms with Crippen molar-refractivity contribution in [3.8, 4) is 0 Å². The molecule has 0 spiro atoms. The van der Waals surface area contributed by atoms with E-state index in [1.807, 2.05) is 30.3 Å². The van der Waals surface area contributed by atoms with Gasteiger partial charge in [0.25, 0.3) is 0 Å². The molecule has 4 nitrogen and oxygen atoms in total. The van der Waals surface area contributed by atoms with E-state index in [1.54, 1.807) is 0 Å². The van der Waals surface area contributed by atoms with Crippen LogP contribution in [0.4, 0.5) is 0 Å². The molecule has 0 unspecified atom stereocenters. The molecule has 4 heteroatoms. The van der Waals surface area contributed by atoms with Crippen LogP contribution >= 0.6 is 0 Å². The molecule has 4 rings (SSSR count). The van der Waals surface area contributed by atoms with Crippen molar-refractivity contribution in [3.05, 3.63) is 144 Å². The van der Waals surface area contributed by atoms with Crippen molar-refractivity contribution >= 4 is 11.9 Å². The normalized spacial score (nSPS) is 12.5. The van der Waals surface area contributed by atoms with Crippen LogP contribution < -0.4 is 5.32 Å². The van der Waals surface area contributed by atoms with Gasteiger partial charge in [0.05, 0.1) is 11.6 Å². The monoisotopic (exact) mass is 870 g/mol. The summed E-state index contributed by atoms with van der Waals surface area (Å²) in [6.45, 7) is 4.56. The molecule has 0 saturated heterocycles. The highest BCUT2D eigenvalue weighted by Crippen LogP contribution is 2.44. The highest BCUT2D eigenvalue weighted by molar-refractivity contribution is 5.89. The summed E-state index contributed by atoms with van der Waals surface area (Å²) in [6, 6.07) is 41.1. The zero-order valence-corrected chi connectivity index (χ0v) is 40.4. The van der Waals surface area contributed by atoms with Gasteiger partial charge in [-0.1, -0.05) is 277 Å². The molecule has 350 valence electrons. The van der Waals surface area contributed by atoms with Crippen molar-refractivity contribution in [3.63, 3.8) is 0 Å². The lowest BCUT2D eigenvalue weighted by atomic mass is 9.65. The fourth-order valence-electron chi connectivity index (χ4n) is 9.69. The van der Waals surface area contributed by atoms with Crippen LogP contribution in [-0.4, -0.2) is 24.0 Å². The van der Waals surface area contributed by atoms with Crippen molar-refractivity contribution in [2.24, 2.45) is 0 Å². The van der Waals surface area contributed by atoms with Crippen molar-refractivity contribution in [2.75, 3.05) is 0 Å². The number of ether oxygens (including phenoxy) is 1. The Bertz CT molecular complexity index is 1630. The molecule has 1 amide bonds. The summed E-state index contributed by atoms with van der Waals surface area (Å²) >= 11 is 0. The lowest BCUT2D eigenvalue weighted by Crippen LogP contribution is -2.50. The third-order valence-electron chi connectivity index (χ3n) is 13.5. The van der Waals surface area contributed by atoms with E-state index in [1.165, 1.54) is 141 Å². The number of unbranched alkanes of at least 4 members (excludes halogenated alkanes) is 24.